The highest BCUT2D eigenvalue weighted by atomic mass is 32.1. The number of nitrogens with zero attached hydrogens (tertiary/aromatic N) is 1. The average Bonchev–Trinajstić information content (AvgIpc) is 3.06. The summed E-state index contributed by atoms with van der Waals surface area (Å²) in [4.78, 5) is 17.9. The first-order valence-corrected chi connectivity index (χ1v) is 10.1. The van der Waals surface area contributed by atoms with Crippen LogP contribution in [0, 0.1) is 18.8 Å². The number of rotatable bonds is 5. The van der Waals surface area contributed by atoms with Crippen molar-refractivity contribution < 1.29 is 27.4 Å². The highest BCUT2D eigenvalue weighted by molar-refractivity contribution is 7.16. The minimum absolute atomic E-state index is 0.0904. The largest absolute Gasteiger partial charge is 0.493 e. The fourth-order valence-electron chi connectivity index (χ4n) is 3.63. The van der Waals surface area contributed by atoms with E-state index in [1.165, 1.54) is 11.3 Å². The van der Waals surface area contributed by atoms with Crippen LogP contribution in [0.25, 0.3) is 11.3 Å². The Labute approximate surface area is 171 Å². The molecule has 2 aromatic rings. The predicted molar refractivity (Wildman–Crippen MR) is 106 cm³/mol. The molecule has 158 valence electrons. The van der Waals surface area contributed by atoms with Crippen LogP contribution < -0.4 is 14.8 Å². The molecule has 0 saturated heterocycles. The Bertz CT molecular complexity index is 882. The van der Waals surface area contributed by atoms with Crippen LogP contribution in [0.3, 0.4) is 0 Å². The molecule has 0 radical (unpaired) electrons. The lowest BCUT2D eigenvalue weighted by Crippen LogP contribution is -2.34. The number of hydrogen-bond acceptors (Lipinski definition) is 5. The van der Waals surface area contributed by atoms with Crippen molar-refractivity contribution in [2.45, 2.75) is 38.8 Å². The molecule has 1 fully saturated rings. The maximum atomic E-state index is 13.0. The van der Waals surface area contributed by atoms with Gasteiger partial charge in [-0.05, 0) is 44.4 Å². The molecule has 1 aromatic carbocycles. The molecule has 1 aliphatic rings. The number of nitrogens with one attached hydrogen (secondary N) is 1. The number of anilines is 1. The lowest BCUT2D eigenvalue weighted by Gasteiger charge is -2.29. The van der Waals surface area contributed by atoms with Gasteiger partial charge in [-0.2, -0.15) is 13.2 Å². The fraction of sp³-hybridized carbons (Fsp3) is 0.500. The van der Waals surface area contributed by atoms with Gasteiger partial charge in [-0.25, -0.2) is 4.98 Å². The average molecular weight is 428 g/mol. The Morgan fingerprint density at radius 1 is 1.21 bits per heavy atom. The first-order chi connectivity index (χ1) is 13.7. The number of aromatic nitrogens is 1. The van der Waals surface area contributed by atoms with Crippen LogP contribution in [-0.4, -0.2) is 31.3 Å². The molecule has 5 nitrogen and oxygen atoms in total. The Kier molecular flexibility index (Phi) is 6.36. The highest BCUT2D eigenvalue weighted by Crippen LogP contribution is 2.41. The zero-order chi connectivity index (χ0) is 21.2. The Morgan fingerprint density at radius 2 is 1.93 bits per heavy atom. The topological polar surface area (TPSA) is 60.5 Å². The third kappa shape index (κ3) is 4.83. The molecule has 2 atom stereocenters. The van der Waals surface area contributed by atoms with E-state index in [0.717, 1.165) is 10.4 Å². The molecule has 1 aliphatic carbocycles. The number of halogens is 3. The lowest BCUT2D eigenvalue weighted by molar-refractivity contribution is -0.185. The van der Waals surface area contributed by atoms with Crippen LogP contribution in [0.4, 0.5) is 18.3 Å². The molecule has 1 aromatic heterocycles. The SMILES string of the molecule is COc1ccc(-c2nc(NC(=O)C3CCCC(C(F)(F)F)C3)sc2C)cc1OC. The monoisotopic (exact) mass is 428 g/mol. The van der Waals surface area contributed by atoms with E-state index in [0.29, 0.717) is 35.2 Å². The number of carbonyl (C=O) groups excluding carboxylic acids is 1. The summed E-state index contributed by atoms with van der Waals surface area (Å²) in [6.07, 6.45) is -3.46. The van der Waals surface area contributed by atoms with Gasteiger partial charge in [0, 0.05) is 16.4 Å². The number of hydrogen-bond donors (Lipinski definition) is 1. The minimum Gasteiger partial charge on any atom is -0.493 e. The minimum atomic E-state index is -4.25. The van der Waals surface area contributed by atoms with Crippen LogP contribution in [-0.2, 0) is 4.79 Å². The van der Waals surface area contributed by atoms with E-state index in [2.05, 4.69) is 10.3 Å². The maximum absolute atomic E-state index is 13.0. The zero-order valence-corrected chi connectivity index (χ0v) is 17.2. The number of alkyl halides is 3. The third-order valence-electron chi connectivity index (χ3n) is 5.19. The number of methoxy groups -OCH3 is 2. The van der Waals surface area contributed by atoms with Crippen molar-refractivity contribution in [3.05, 3.63) is 23.1 Å². The summed E-state index contributed by atoms with van der Waals surface area (Å²) >= 11 is 1.29. The second kappa shape index (κ2) is 8.61. The van der Waals surface area contributed by atoms with Gasteiger partial charge in [0.2, 0.25) is 5.91 Å². The van der Waals surface area contributed by atoms with Gasteiger partial charge in [0.25, 0.3) is 0 Å². The van der Waals surface area contributed by atoms with Gasteiger partial charge >= 0.3 is 6.18 Å². The standard InChI is InChI=1S/C20H23F3N2O3S/c1-11-17(12-7-8-15(27-2)16(10-12)28-3)24-19(29-11)25-18(26)13-5-4-6-14(9-13)20(21,22)23/h7-8,10,13-14H,4-6,9H2,1-3H3,(H,24,25,26). The number of thiazole rings is 1. The quantitative estimate of drug-likeness (QED) is 0.689. The van der Waals surface area contributed by atoms with Crippen LogP contribution in [0.1, 0.15) is 30.6 Å². The molecular weight excluding hydrogens is 405 g/mol. The molecule has 1 amide bonds. The molecule has 0 spiro atoms. The summed E-state index contributed by atoms with van der Waals surface area (Å²) in [5.74, 6) is -1.31. The van der Waals surface area contributed by atoms with Gasteiger partial charge in [-0.15, -0.1) is 11.3 Å². The van der Waals surface area contributed by atoms with Gasteiger partial charge < -0.3 is 14.8 Å². The van der Waals surface area contributed by atoms with Gasteiger partial charge in [-0.1, -0.05) is 6.42 Å². The molecule has 0 bridgehead atoms. The highest BCUT2D eigenvalue weighted by Gasteiger charge is 2.43. The zero-order valence-electron chi connectivity index (χ0n) is 16.4. The Morgan fingerprint density at radius 3 is 2.59 bits per heavy atom. The third-order valence-corrected chi connectivity index (χ3v) is 6.08. The Balaban J connectivity index is 1.74. The summed E-state index contributed by atoms with van der Waals surface area (Å²) in [6.45, 7) is 1.87. The molecule has 1 heterocycles. The lowest BCUT2D eigenvalue weighted by atomic mass is 9.80. The van der Waals surface area contributed by atoms with Crippen LogP contribution in [0.2, 0.25) is 0 Å². The van der Waals surface area contributed by atoms with Crippen molar-refractivity contribution in [2.75, 3.05) is 19.5 Å². The summed E-state index contributed by atoms with van der Waals surface area (Å²) < 4.78 is 49.6. The second-order valence-corrected chi connectivity index (χ2v) is 8.29. The molecule has 0 aliphatic heterocycles. The van der Waals surface area contributed by atoms with E-state index >= 15 is 0 Å². The summed E-state index contributed by atoms with van der Waals surface area (Å²) in [7, 11) is 3.09. The molecule has 2 unspecified atom stereocenters. The van der Waals surface area contributed by atoms with E-state index < -0.39 is 23.9 Å². The van der Waals surface area contributed by atoms with Gasteiger partial charge in [0.15, 0.2) is 16.6 Å². The van der Waals surface area contributed by atoms with Crippen molar-refractivity contribution in [1.82, 2.24) is 4.98 Å². The predicted octanol–water partition coefficient (Wildman–Crippen LogP) is 5.44. The smallest absolute Gasteiger partial charge is 0.391 e. The maximum Gasteiger partial charge on any atom is 0.391 e. The second-order valence-electron chi connectivity index (χ2n) is 7.08. The van der Waals surface area contributed by atoms with E-state index in [9.17, 15) is 18.0 Å². The van der Waals surface area contributed by atoms with E-state index in [1.54, 1.807) is 26.4 Å². The molecule has 1 saturated carbocycles. The van der Waals surface area contributed by atoms with E-state index in [4.69, 9.17) is 9.47 Å². The molecule has 9 heteroatoms. The summed E-state index contributed by atoms with van der Waals surface area (Å²) in [6, 6.07) is 5.40. The van der Waals surface area contributed by atoms with Crippen LogP contribution in [0.15, 0.2) is 18.2 Å². The van der Waals surface area contributed by atoms with Gasteiger partial charge in [0.05, 0.1) is 25.8 Å². The van der Waals surface area contributed by atoms with E-state index in [-0.39, 0.29) is 12.8 Å². The van der Waals surface area contributed by atoms with Crippen molar-refractivity contribution in [1.29, 1.82) is 0 Å². The molecular formula is C20H23F3N2O3S. The van der Waals surface area contributed by atoms with Crippen LogP contribution >= 0.6 is 11.3 Å². The number of carbonyl (C=O) groups is 1. The van der Waals surface area contributed by atoms with Crippen molar-refractivity contribution in [2.24, 2.45) is 11.8 Å². The number of benzene rings is 1. The van der Waals surface area contributed by atoms with Crippen molar-refractivity contribution in [3.8, 4) is 22.8 Å². The number of amides is 1. The van der Waals surface area contributed by atoms with E-state index in [1.807, 2.05) is 13.0 Å². The Hall–Kier alpha value is -2.29. The molecule has 1 N–H and O–H groups in total. The van der Waals surface area contributed by atoms with Crippen molar-refractivity contribution >= 4 is 22.4 Å². The first-order valence-electron chi connectivity index (χ1n) is 9.30. The summed E-state index contributed by atoms with van der Waals surface area (Å²) in [5, 5.41) is 3.09. The first kappa shape index (κ1) is 21.4. The van der Waals surface area contributed by atoms with Gasteiger partial charge in [0.1, 0.15) is 0 Å². The number of aryl methyl sites for hydroxylation is 1. The molecule has 29 heavy (non-hydrogen) atoms. The van der Waals surface area contributed by atoms with Gasteiger partial charge in [-0.3, -0.25) is 4.79 Å². The van der Waals surface area contributed by atoms with Crippen LogP contribution in [0.5, 0.6) is 11.5 Å². The van der Waals surface area contributed by atoms with Crippen molar-refractivity contribution in [3.63, 3.8) is 0 Å². The number of ether oxygens (including phenoxy) is 2. The molecule has 3 rings (SSSR count). The fourth-order valence-corrected chi connectivity index (χ4v) is 4.47. The normalized spacial score (nSPS) is 19.7. The summed E-state index contributed by atoms with van der Waals surface area (Å²) in [5.41, 5.74) is 1.48.